The molecule has 1 aromatic heterocycles. The Morgan fingerprint density at radius 2 is 2.06 bits per heavy atom. The van der Waals surface area contributed by atoms with Crippen LogP contribution in [0.5, 0.6) is 5.75 Å². The van der Waals surface area contributed by atoms with Gasteiger partial charge in [0, 0.05) is 37.1 Å². The van der Waals surface area contributed by atoms with Crippen LogP contribution in [0.1, 0.15) is 32.1 Å². The first-order valence-corrected chi connectivity index (χ1v) is 10.9. The van der Waals surface area contributed by atoms with Crippen molar-refractivity contribution >= 4 is 34.8 Å². The molecule has 4 rings (SSSR count). The topological polar surface area (TPSA) is 97.6 Å². The molecule has 32 heavy (non-hydrogen) atoms. The Bertz CT molecular complexity index is 1110. The number of ether oxygens (including phenoxy) is 1. The standard InChI is InChI=1S/C23H23ClN4O4/c1-2-31-17-8-5-15(6-9-17)23-26-21(32-27-23)12-11-20(29)25-19-14-16(7-10-18(19)24)28-13-3-4-22(28)30/h5-10,14H,2-4,11-13H2,1H3,(H,25,29). The number of aryl methyl sites for hydroxylation is 1. The van der Waals surface area contributed by atoms with Gasteiger partial charge in [-0.15, -0.1) is 0 Å². The number of nitrogens with one attached hydrogen (secondary N) is 1. The highest BCUT2D eigenvalue weighted by atomic mass is 35.5. The molecule has 1 N–H and O–H groups in total. The van der Waals surface area contributed by atoms with Crippen molar-refractivity contribution in [2.24, 2.45) is 0 Å². The van der Waals surface area contributed by atoms with Gasteiger partial charge in [-0.1, -0.05) is 16.8 Å². The maximum Gasteiger partial charge on any atom is 0.227 e. The second-order valence-corrected chi connectivity index (χ2v) is 7.74. The maximum atomic E-state index is 12.5. The van der Waals surface area contributed by atoms with Gasteiger partial charge in [0.25, 0.3) is 0 Å². The van der Waals surface area contributed by atoms with Crippen LogP contribution in [-0.4, -0.2) is 35.1 Å². The van der Waals surface area contributed by atoms with Crippen LogP contribution in [0, 0.1) is 0 Å². The zero-order valence-corrected chi connectivity index (χ0v) is 18.4. The van der Waals surface area contributed by atoms with Crippen molar-refractivity contribution in [3.63, 3.8) is 0 Å². The van der Waals surface area contributed by atoms with Gasteiger partial charge in [0.15, 0.2) is 0 Å². The fourth-order valence-corrected chi connectivity index (χ4v) is 3.64. The number of benzene rings is 2. The third-order valence-electron chi connectivity index (χ3n) is 5.07. The van der Waals surface area contributed by atoms with Crippen LogP contribution in [0.15, 0.2) is 47.0 Å². The van der Waals surface area contributed by atoms with Gasteiger partial charge in [0.1, 0.15) is 5.75 Å². The van der Waals surface area contributed by atoms with E-state index in [2.05, 4.69) is 15.5 Å². The summed E-state index contributed by atoms with van der Waals surface area (Å²) in [6, 6.07) is 12.6. The molecule has 1 aliphatic heterocycles. The van der Waals surface area contributed by atoms with Gasteiger partial charge in [-0.2, -0.15) is 4.98 Å². The SMILES string of the molecule is CCOc1ccc(-c2noc(CCC(=O)Nc3cc(N4CCCC4=O)ccc3Cl)n2)cc1. The molecule has 0 unspecified atom stereocenters. The van der Waals surface area contributed by atoms with E-state index in [0.717, 1.165) is 23.4 Å². The van der Waals surface area contributed by atoms with E-state index in [4.69, 9.17) is 20.9 Å². The summed E-state index contributed by atoms with van der Waals surface area (Å²) >= 11 is 6.23. The summed E-state index contributed by atoms with van der Waals surface area (Å²) < 4.78 is 10.7. The van der Waals surface area contributed by atoms with Gasteiger partial charge >= 0.3 is 0 Å². The predicted octanol–water partition coefficient (Wildman–Crippen LogP) is 4.49. The Labute approximate surface area is 190 Å². The molecule has 9 heteroatoms. The smallest absolute Gasteiger partial charge is 0.227 e. The summed E-state index contributed by atoms with van der Waals surface area (Å²) in [6.45, 7) is 3.19. The van der Waals surface area contributed by atoms with Crippen LogP contribution in [0.4, 0.5) is 11.4 Å². The number of rotatable bonds is 8. The summed E-state index contributed by atoms with van der Waals surface area (Å²) in [5.74, 6) is 1.43. The fourth-order valence-electron chi connectivity index (χ4n) is 3.47. The highest BCUT2D eigenvalue weighted by Crippen LogP contribution is 2.30. The highest BCUT2D eigenvalue weighted by molar-refractivity contribution is 6.33. The molecule has 3 aromatic rings. The first-order valence-electron chi connectivity index (χ1n) is 10.5. The summed E-state index contributed by atoms with van der Waals surface area (Å²) in [5.41, 5.74) is 1.99. The molecule has 2 amide bonds. The van der Waals surface area contributed by atoms with Crippen molar-refractivity contribution in [3.05, 3.63) is 53.4 Å². The molecule has 0 bridgehead atoms. The highest BCUT2D eigenvalue weighted by Gasteiger charge is 2.22. The van der Waals surface area contributed by atoms with E-state index in [1.807, 2.05) is 31.2 Å². The Kier molecular flexibility index (Phi) is 6.70. The van der Waals surface area contributed by atoms with Crippen LogP contribution < -0.4 is 15.0 Å². The van der Waals surface area contributed by atoms with Crippen molar-refractivity contribution in [3.8, 4) is 17.1 Å². The maximum absolute atomic E-state index is 12.5. The van der Waals surface area contributed by atoms with Gasteiger partial charge in [-0.25, -0.2) is 0 Å². The third kappa shape index (κ3) is 5.08. The van der Waals surface area contributed by atoms with Crippen LogP contribution in [0.2, 0.25) is 5.02 Å². The lowest BCUT2D eigenvalue weighted by atomic mass is 10.2. The minimum Gasteiger partial charge on any atom is -0.494 e. The number of anilines is 2. The van der Waals surface area contributed by atoms with E-state index in [-0.39, 0.29) is 24.7 Å². The minimum absolute atomic E-state index is 0.0735. The number of hydrogen-bond acceptors (Lipinski definition) is 6. The van der Waals surface area contributed by atoms with Crippen LogP contribution >= 0.6 is 11.6 Å². The van der Waals surface area contributed by atoms with E-state index < -0.39 is 0 Å². The zero-order chi connectivity index (χ0) is 22.5. The van der Waals surface area contributed by atoms with Gasteiger partial charge in [-0.05, 0) is 55.8 Å². The number of carbonyl (C=O) groups is 2. The van der Waals surface area contributed by atoms with E-state index >= 15 is 0 Å². The second kappa shape index (κ2) is 9.82. The molecule has 166 valence electrons. The molecule has 0 radical (unpaired) electrons. The van der Waals surface area contributed by atoms with Crippen molar-refractivity contribution in [2.75, 3.05) is 23.4 Å². The number of carbonyl (C=O) groups excluding carboxylic acids is 2. The zero-order valence-electron chi connectivity index (χ0n) is 17.6. The van der Waals surface area contributed by atoms with Gasteiger partial charge in [0.05, 0.1) is 17.3 Å². The predicted molar refractivity (Wildman–Crippen MR) is 121 cm³/mol. The molecule has 2 heterocycles. The molecule has 0 spiro atoms. The number of aromatic nitrogens is 2. The van der Waals surface area contributed by atoms with Gasteiger partial charge in [0.2, 0.25) is 23.5 Å². The molecular formula is C23H23ClN4O4. The average molecular weight is 455 g/mol. The lowest BCUT2D eigenvalue weighted by Crippen LogP contribution is -2.23. The number of nitrogens with zero attached hydrogens (tertiary/aromatic N) is 3. The van der Waals surface area contributed by atoms with Crippen LogP contribution in [-0.2, 0) is 16.0 Å². The lowest BCUT2D eigenvalue weighted by Gasteiger charge is -2.17. The molecule has 2 aromatic carbocycles. The van der Waals surface area contributed by atoms with Crippen LogP contribution in [0.25, 0.3) is 11.4 Å². The minimum atomic E-state index is -0.238. The van der Waals surface area contributed by atoms with Crippen molar-refractivity contribution < 1.29 is 18.8 Å². The van der Waals surface area contributed by atoms with Crippen LogP contribution in [0.3, 0.4) is 0 Å². The fraction of sp³-hybridized carbons (Fsp3) is 0.304. The van der Waals surface area contributed by atoms with Crippen molar-refractivity contribution in [2.45, 2.75) is 32.6 Å². The molecule has 0 atom stereocenters. The van der Waals surface area contributed by atoms with E-state index in [9.17, 15) is 9.59 Å². The first kappa shape index (κ1) is 21.8. The van der Waals surface area contributed by atoms with Crippen molar-refractivity contribution in [1.29, 1.82) is 0 Å². The Morgan fingerprint density at radius 1 is 1.25 bits per heavy atom. The largest absolute Gasteiger partial charge is 0.494 e. The monoisotopic (exact) mass is 454 g/mol. The molecule has 1 saturated heterocycles. The van der Waals surface area contributed by atoms with E-state index in [0.29, 0.717) is 42.0 Å². The van der Waals surface area contributed by atoms with E-state index in [1.165, 1.54) is 0 Å². The first-order chi connectivity index (χ1) is 15.5. The molecule has 8 nitrogen and oxygen atoms in total. The lowest BCUT2D eigenvalue weighted by molar-refractivity contribution is -0.117. The summed E-state index contributed by atoms with van der Waals surface area (Å²) in [4.78, 5) is 30.5. The third-order valence-corrected chi connectivity index (χ3v) is 5.40. The molecule has 1 aliphatic rings. The molecule has 1 fully saturated rings. The van der Waals surface area contributed by atoms with E-state index in [1.54, 1.807) is 23.1 Å². The molecule has 0 aliphatic carbocycles. The summed E-state index contributed by atoms with van der Waals surface area (Å²) in [7, 11) is 0. The second-order valence-electron chi connectivity index (χ2n) is 7.33. The van der Waals surface area contributed by atoms with Crippen molar-refractivity contribution in [1.82, 2.24) is 10.1 Å². The molecule has 0 saturated carbocycles. The summed E-state index contributed by atoms with van der Waals surface area (Å²) in [5, 5.41) is 7.19. The Balaban J connectivity index is 1.35. The Hall–Kier alpha value is -3.39. The average Bonchev–Trinajstić information content (AvgIpc) is 3.44. The number of amides is 2. The number of halogens is 1. The summed E-state index contributed by atoms with van der Waals surface area (Å²) in [6.07, 6.45) is 1.80. The Morgan fingerprint density at radius 3 is 2.78 bits per heavy atom. The normalized spacial score (nSPS) is 13.4. The number of hydrogen-bond donors (Lipinski definition) is 1. The van der Waals surface area contributed by atoms with Gasteiger partial charge < -0.3 is 19.5 Å². The van der Waals surface area contributed by atoms with Gasteiger partial charge in [-0.3, -0.25) is 9.59 Å². The quantitative estimate of drug-likeness (QED) is 0.538. The molecular weight excluding hydrogens is 432 g/mol.